The number of carbonyl (C=O) groups is 1. The molecule has 0 heterocycles. The van der Waals surface area contributed by atoms with Crippen molar-refractivity contribution in [1.29, 1.82) is 0 Å². The molecule has 3 unspecified atom stereocenters. The number of ketones is 1. The molecule has 1 rings (SSSR count). The number of carbonyl (C=O) groups excluding carboxylic acids is 1. The maximum atomic E-state index is 11.9. The zero-order valence-electron chi connectivity index (χ0n) is 13.3. The fourth-order valence-electron chi connectivity index (χ4n) is 3.72. The quantitative estimate of drug-likeness (QED) is 0.666. The summed E-state index contributed by atoms with van der Waals surface area (Å²) in [5.41, 5.74) is 0.399. The Kier molecular flexibility index (Phi) is 5.43. The maximum absolute atomic E-state index is 11.9. The van der Waals surface area contributed by atoms with Crippen LogP contribution in [0.15, 0.2) is 0 Å². The molecule has 0 bridgehead atoms. The van der Waals surface area contributed by atoms with Crippen molar-refractivity contribution in [2.45, 2.75) is 73.6 Å². The average Bonchev–Trinajstić information content (AvgIpc) is 2.22. The predicted octanol–water partition coefficient (Wildman–Crippen LogP) is 5.09. The highest BCUT2D eigenvalue weighted by Gasteiger charge is 2.41. The van der Waals surface area contributed by atoms with Gasteiger partial charge in [-0.15, -0.1) is 0 Å². The fourth-order valence-corrected chi connectivity index (χ4v) is 3.72. The van der Waals surface area contributed by atoms with Gasteiger partial charge in [0.15, 0.2) is 0 Å². The van der Waals surface area contributed by atoms with Crippen LogP contribution in [-0.4, -0.2) is 5.78 Å². The molecule has 1 aliphatic carbocycles. The largest absolute Gasteiger partial charge is 0.300 e. The fraction of sp³-hybridized carbons (Fsp3) is 0.941. The van der Waals surface area contributed by atoms with E-state index < -0.39 is 0 Å². The molecule has 0 N–H and O–H groups in total. The van der Waals surface area contributed by atoms with Crippen LogP contribution in [0.2, 0.25) is 0 Å². The predicted molar refractivity (Wildman–Crippen MR) is 78.5 cm³/mol. The monoisotopic (exact) mass is 252 g/mol. The lowest BCUT2D eigenvalue weighted by Crippen LogP contribution is -2.39. The van der Waals surface area contributed by atoms with Crippen molar-refractivity contribution in [2.24, 2.45) is 29.1 Å². The van der Waals surface area contributed by atoms with Gasteiger partial charge in [-0.25, -0.2) is 0 Å². The molecule has 0 aromatic heterocycles. The van der Waals surface area contributed by atoms with Gasteiger partial charge >= 0.3 is 0 Å². The highest BCUT2D eigenvalue weighted by atomic mass is 16.1. The Morgan fingerprint density at radius 1 is 1.22 bits per heavy atom. The molecule has 0 aromatic carbocycles. The first-order valence-electron chi connectivity index (χ1n) is 7.76. The van der Waals surface area contributed by atoms with Gasteiger partial charge in [-0.1, -0.05) is 48.0 Å². The van der Waals surface area contributed by atoms with E-state index in [9.17, 15) is 4.79 Å². The van der Waals surface area contributed by atoms with Crippen LogP contribution in [0.1, 0.15) is 73.6 Å². The van der Waals surface area contributed by atoms with Crippen molar-refractivity contribution in [1.82, 2.24) is 0 Å². The smallest absolute Gasteiger partial charge is 0.133 e. The second-order valence-electron chi connectivity index (χ2n) is 7.56. The Bertz CT molecular complexity index is 277. The lowest BCUT2D eigenvalue weighted by atomic mass is 9.58. The van der Waals surface area contributed by atoms with Crippen molar-refractivity contribution < 1.29 is 4.79 Å². The van der Waals surface area contributed by atoms with E-state index in [0.717, 1.165) is 37.0 Å². The zero-order valence-corrected chi connectivity index (χ0v) is 13.3. The van der Waals surface area contributed by atoms with E-state index in [2.05, 4.69) is 41.5 Å². The molecule has 106 valence electrons. The van der Waals surface area contributed by atoms with Gasteiger partial charge in [0, 0.05) is 12.8 Å². The topological polar surface area (TPSA) is 17.1 Å². The lowest BCUT2D eigenvalue weighted by Gasteiger charge is -2.47. The third-order valence-electron chi connectivity index (χ3n) is 5.34. The van der Waals surface area contributed by atoms with Gasteiger partial charge in [0.05, 0.1) is 0 Å². The summed E-state index contributed by atoms with van der Waals surface area (Å²) in [6, 6.07) is 0. The second kappa shape index (κ2) is 6.21. The molecular weight excluding hydrogens is 220 g/mol. The first kappa shape index (κ1) is 15.7. The van der Waals surface area contributed by atoms with Gasteiger partial charge < -0.3 is 0 Å². The third kappa shape index (κ3) is 3.83. The number of Topliss-reactive ketones (excluding diaryl/α,β-unsaturated/α-hetero) is 1. The third-order valence-corrected chi connectivity index (χ3v) is 5.34. The molecule has 0 spiro atoms. The van der Waals surface area contributed by atoms with E-state index in [-0.39, 0.29) is 0 Å². The van der Waals surface area contributed by atoms with E-state index in [1.54, 1.807) is 0 Å². The van der Waals surface area contributed by atoms with Crippen molar-refractivity contribution in [3.8, 4) is 0 Å². The number of hydrogen-bond acceptors (Lipinski definition) is 1. The van der Waals surface area contributed by atoms with E-state index in [1.165, 1.54) is 12.8 Å². The zero-order chi connectivity index (χ0) is 13.9. The highest BCUT2D eigenvalue weighted by Crippen LogP contribution is 2.49. The lowest BCUT2D eigenvalue weighted by molar-refractivity contribution is -0.120. The molecule has 3 atom stereocenters. The summed E-state index contributed by atoms with van der Waals surface area (Å²) >= 11 is 0. The van der Waals surface area contributed by atoms with E-state index >= 15 is 0 Å². The molecule has 1 saturated carbocycles. The van der Waals surface area contributed by atoms with Gasteiger partial charge in [-0.3, -0.25) is 4.79 Å². The molecule has 18 heavy (non-hydrogen) atoms. The first-order chi connectivity index (χ1) is 8.25. The standard InChI is InChI=1S/C17H32O/c1-12(2)11-15(18)9-10-16-13(3)7-8-14(4)17(16,5)6/h12-14,16H,7-11H2,1-6H3. The minimum Gasteiger partial charge on any atom is -0.300 e. The molecule has 0 amide bonds. The van der Waals surface area contributed by atoms with Crippen LogP contribution in [0.25, 0.3) is 0 Å². The summed E-state index contributed by atoms with van der Waals surface area (Å²) in [5, 5.41) is 0. The van der Waals surface area contributed by atoms with Gasteiger partial charge in [0.25, 0.3) is 0 Å². The summed E-state index contributed by atoms with van der Waals surface area (Å²) < 4.78 is 0. The Morgan fingerprint density at radius 3 is 2.39 bits per heavy atom. The van der Waals surface area contributed by atoms with Crippen LogP contribution in [0.5, 0.6) is 0 Å². The summed E-state index contributed by atoms with van der Waals surface area (Å²) in [4.78, 5) is 11.9. The molecule has 1 aliphatic rings. The van der Waals surface area contributed by atoms with Crippen molar-refractivity contribution in [3.63, 3.8) is 0 Å². The Balaban J connectivity index is 2.55. The first-order valence-corrected chi connectivity index (χ1v) is 7.76. The second-order valence-corrected chi connectivity index (χ2v) is 7.56. The summed E-state index contributed by atoms with van der Waals surface area (Å²) in [6.07, 6.45) is 5.35. The van der Waals surface area contributed by atoms with E-state index in [0.29, 0.717) is 17.1 Å². The van der Waals surface area contributed by atoms with Crippen LogP contribution >= 0.6 is 0 Å². The molecule has 1 fully saturated rings. The van der Waals surface area contributed by atoms with Gasteiger partial charge in [-0.2, -0.15) is 0 Å². The van der Waals surface area contributed by atoms with Crippen LogP contribution in [-0.2, 0) is 4.79 Å². The van der Waals surface area contributed by atoms with Crippen molar-refractivity contribution >= 4 is 5.78 Å². The average molecular weight is 252 g/mol. The van der Waals surface area contributed by atoms with Crippen LogP contribution in [0.3, 0.4) is 0 Å². The van der Waals surface area contributed by atoms with Crippen LogP contribution < -0.4 is 0 Å². The molecule has 1 nitrogen and oxygen atoms in total. The molecule has 1 heteroatoms. The molecular formula is C17H32O. The highest BCUT2D eigenvalue weighted by molar-refractivity contribution is 5.78. The normalized spacial score (nSPS) is 31.6. The molecule has 0 aliphatic heterocycles. The van der Waals surface area contributed by atoms with E-state index in [1.807, 2.05) is 0 Å². The SMILES string of the molecule is CC(C)CC(=O)CCC1C(C)CCC(C)C1(C)C. The van der Waals surface area contributed by atoms with Gasteiger partial charge in [0.1, 0.15) is 5.78 Å². The minimum absolute atomic E-state index is 0.399. The molecule has 0 radical (unpaired) electrons. The van der Waals surface area contributed by atoms with Crippen molar-refractivity contribution in [2.75, 3.05) is 0 Å². The van der Waals surface area contributed by atoms with Gasteiger partial charge in [0.2, 0.25) is 0 Å². The minimum atomic E-state index is 0.399. The van der Waals surface area contributed by atoms with Crippen molar-refractivity contribution in [3.05, 3.63) is 0 Å². The summed E-state index contributed by atoms with van der Waals surface area (Å²) in [6.45, 7) is 13.8. The maximum Gasteiger partial charge on any atom is 0.133 e. The summed E-state index contributed by atoms with van der Waals surface area (Å²) in [5.74, 6) is 3.26. The molecule has 0 aromatic rings. The number of rotatable bonds is 5. The summed E-state index contributed by atoms with van der Waals surface area (Å²) in [7, 11) is 0. The number of hydrogen-bond donors (Lipinski definition) is 0. The Labute approximate surface area is 114 Å². The molecule has 0 saturated heterocycles. The Morgan fingerprint density at radius 2 is 1.83 bits per heavy atom. The van der Waals surface area contributed by atoms with E-state index in [4.69, 9.17) is 0 Å². The Hall–Kier alpha value is -0.330. The van der Waals surface area contributed by atoms with Crippen LogP contribution in [0, 0.1) is 29.1 Å². The van der Waals surface area contributed by atoms with Crippen LogP contribution in [0.4, 0.5) is 0 Å². The van der Waals surface area contributed by atoms with Gasteiger partial charge in [-0.05, 0) is 41.9 Å².